The van der Waals surface area contributed by atoms with Gasteiger partial charge in [-0.3, -0.25) is 0 Å². The van der Waals surface area contributed by atoms with Crippen molar-refractivity contribution in [2.75, 3.05) is 0 Å². The topological polar surface area (TPSA) is 29.5 Å². The molecule has 3 aromatic rings. The quantitative estimate of drug-likeness (QED) is 0.452. The summed E-state index contributed by atoms with van der Waals surface area (Å²) in [7, 11) is -2.78. The van der Waals surface area contributed by atoms with Gasteiger partial charge in [0.1, 0.15) is 12.2 Å². The first-order valence-corrected chi connectivity index (χ1v) is 12.0. The molecule has 0 aliphatic heterocycles. The molecule has 0 radical (unpaired) electrons. The van der Waals surface area contributed by atoms with E-state index in [9.17, 15) is 5.11 Å². The van der Waals surface area contributed by atoms with Gasteiger partial charge >= 0.3 is 0 Å². The molecule has 0 amide bonds. The van der Waals surface area contributed by atoms with E-state index in [-0.39, 0.29) is 5.04 Å². The minimum absolute atomic E-state index is 0.163. The van der Waals surface area contributed by atoms with E-state index in [0.717, 1.165) is 5.56 Å². The summed E-state index contributed by atoms with van der Waals surface area (Å²) in [5.41, 5.74) is 0.952. The third-order valence-corrected chi connectivity index (χ3v) is 10.4. The van der Waals surface area contributed by atoms with Gasteiger partial charge in [0.15, 0.2) is 0 Å². The van der Waals surface area contributed by atoms with Crippen LogP contribution in [0.1, 0.15) is 32.4 Å². The fourth-order valence-corrected chi connectivity index (χ4v) is 8.65. The monoisotopic (exact) mass is 402 g/mol. The van der Waals surface area contributed by atoms with Gasteiger partial charge in [-0.15, -0.1) is 6.58 Å². The van der Waals surface area contributed by atoms with E-state index in [4.69, 9.17) is 4.43 Å². The molecule has 0 unspecified atom stereocenters. The lowest BCUT2D eigenvalue weighted by Gasteiger charge is -2.45. The Bertz CT molecular complexity index is 862. The summed E-state index contributed by atoms with van der Waals surface area (Å²) in [5, 5.41) is 13.1. The first-order chi connectivity index (χ1) is 13.9. The molecule has 0 bridgehead atoms. The molecule has 3 rings (SSSR count). The zero-order valence-corrected chi connectivity index (χ0v) is 18.5. The van der Waals surface area contributed by atoms with Crippen molar-refractivity contribution in [2.45, 2.75) is 38.0 Å². The van der Waals surface area contributed by atoms with Crippen molar-refractivity contribution in [3.63, 3.8) is 0 Å². The number of rotatable bonds is 7. The van der Waals surface area contributed by atoms with Gasteiger partial charge in [-0.2, -0.15) is 0 Å². The van der Waals surface area contributed by atoms with Crippen molar-refractivity contribution in [3.8, 4) is 0 Å². The van der Waals surface area contributed by atoms with Crippen LogP contribution >= 0.6 is 0 Å². The minimum atomic E-state index is -2.78. The number of hydrogen-bond donors (Lipinski definition) is 1. The molecule has 3 aromatic carbocycles. The van der Waals surface area contributed by atoms with Crippen molar-refractivity contribution in [1.82, 2.24) is 0 Å². The molecule has 0 spiro atoms. The normalized spacial score (nSPS) is 14.2. The smallest absolute Gasteiger partial charge is 0.262 e. The molecule has 2 atom stereocenters. The van der Waals surface area contributed by atoms with E-state index in [2.05, 4.69) is 75.9 Å². The average Bonchev–Trinajstić information content (AvgIpc) is 2.75. The van der Waals surface area contributed by atoms with Gasteiger partial charge in [0.05, 0.1) is 0 Å². The van der Waals surface area contributed by atoms with Crippen LogP contribution in [-0.4, -0.2) is 19.5 Å². The summed E-state index contributed by atoms with van der Waals surface area (Å²) in [6.45, 7) is 10.5. The largest absolute Gasteiger partial charge is 0.397 e. The van der Waals surface area contributed by atoms with Crippen molar-refractivity contribution in [1.29, 1.82) is 0 Å². The second-order valence-corrected chi connectivity index (χ2v) is 12.6. The van der Waals surface area contributed by atoms with Gasteiger partial charge in [0, 0.05) is 0 Å². The highest BCUT2D eigenvalue weighted by Gasteiger charge is 2.52. The van der Waals surface area contributed by atoms with Crippen molar-refractivity contribution in [2.24, 2.45) is 0 Å². The average molecular weight is 403 g/mol. The lowest BCUT2D eigenvalue weighted by atomic mass is 10.1. The highest BCUT2D eigenvalue weighted by Crippen LogP contribution is 2.40. The standard InChI is InChI=1S/C26H30O2Si/c1-5-24(27)25(21-15-9-6-10-16-21)28-29(26(2,3)4,22-17-11-7-12-18-22)23-19-13-8-14-20-23/h5-20,24-25,27H,1H2,2-4H3/t24-,25-/m1/s1. The fourth-order valence-electron chi connectivity index (χ4n) is 3.98. The molecule has 0 saturated heterocycles. The maximum atomic E-state index is 10.9. The Morgan fingerprint density at radius 2 is 1.21 bits per heavy atom. The summed E-state index contributed by atoms with van der Waals surface area (Å²) < 4.78 is 7.13. The third kappa shape index (κ3) is 4.27. The highest BCUT2D eigenvalue weighted by molar-refractivity contribution is 6.99. The van der Waals surface area contributed by atoms with Crippen molar-refractivity contribution >= 4 is 18.7 Å². The maximum Gasteiger partial charge on any atom is 0.262 e. The summed E-state index contributed by atoms with van der Waals surface area (Å²) in [6, 6.07) is 30.9. The second-order valence-electron chi connectivity index (χ2n) is 8.34. The van der Waals surface area contributed by atoms with Gasteiger partial charge in [0.25, 0.3) is 8.32 Å². The van der Waals surface area contributed by atoms with Crippen LogP contribution in [0.15, 0.2) is 104 Å². The molecule has 0 aromatic heterocycles. The summed E-state index contributed by atoms with van der Waals surface area (Å²) in [6.07, 6.45) is 0.259. The predicted octanol–water partition coefficient (Wildman–Crippen LogP) is 4.85. The lowest BCUT2D eigenvalue weighted by Crippen LogP contribution is -2.67. The Morgan fingerprint density at radius 3 is 1.59 bits per heavy atom. The van der Waals surface area contributed by atoms with Gasteiger partial charge in [0.2, 0.25) is 0 Å². The molecule has 3 heteroatoms. The third-order valence-electron chi connectivity index (χ3n) is 5.40. The predicted molar refractivity (Wildman–Crippen MR) is 124 cm³/mol. The lowest BCUT2D eigenvalue weighted by molar-refractivity contribution is 0.0596. The van der Waals surface area contributed by atoms with E-state index >= 15 is 0 Å². The highest BCUT2D eigenvalue weighted by atomic mass is 28.4. The fraction of sp³-hybridized carbons (Fsp3) is 0.231. The van der Waals surface area contributed by atoms with Crippen LogP contribution in [0.25, 0.3) is 0 Å². The van der Waals surface area contributed by atoms with Gasteiger partial charge in [-0.05, 0) is 21.0 Å². The number of aliphatic hydroxyl groups excluding tert-OH is 1. The van der Waals surface area contributed by atoms with Gasteiger partial charge in [-0.25, -0.2) is 0 Å². The molecule has 1 N–H and O–H groups in total. The Labute approximate surface area is 175 Å². The van der Waals surface area contributed by atoms with Crippen LogP contribution in [-0.2, 0) is 4.43 Å². The molecule has 0 heterocycles. The first kappa shape index (κ1) is 21.3. The molecular weight excluding hydrogens is 372 g/mol. The van der Waals surface area contributed by atoms with E-state index in [0.29, 0.717) is 0 Å². The zero-order chi connectivity index (χ0) is 20.9. The van der Waals surface area contributed by atoms with Crippen molar-refractivity contribution in [3.05, 3.63) is 109 Å². The van der Waals surface area contributed by atoms with Gasteiger partial charge < -0.3 is 9.53 Å². The molecule has 0 aliphatic rings. The van der Waals surface area contributed by atoms with E-state index in [1.165, 1.54) is 10.4 Å². The van der Waals surface area contributed by atoms with E-state index in [1.54, 1.807) is 6.08 Å². The van der Waals surface area contributed by atoms with Gasteiger partial charge in [-0.1, -0.05) is 118 Å². The first-order valence-electron chi connectivity index (χ1n) is 10.0. The molecule has 0 saturated carbocycles. The Balaban J connectivity index is 2.25. The second kappa shape index (κ2) is 8.91. The van der Waals surface area contributed by atoms with Crippen molar-refractivity contribution < 1.29 is 9.53 Å². The Morgan fingerprint density at radius 1 is 0.793 bits per heavy atom. The number of benzene rings is 3. The van der Waals surface area contributed by atoms with Crippen LogP contribution in [0, 0.1) is 0 Å². The number of hydrogen-bond acceptors (Lipinski definition) is 2. The summed E-state index contributed by atoms with van der Waals surface area (Å²) in [4.78, 5) is 0. The summed E-state index contributed by atoms with van der Waals surface area (Å²) >= 11 is 0. The molecule has 0 fully saturated rings. The molecule has 2 nitrogen and oxygen atoms in total. The molecule has 0 aliphatic carbocycles. The Hall–Kier alpha value is -2.46. The van der Waals surface area contributed by atoms with E-state index in [1.807, 2.05) is 42.5 Å². The molecule has 150 valence electrons. The van der Waals surface area contributed by atoms with Crippen LogP contribution in [0.5, 0.6) is 0 Å². The maximum absolute atomic E-state index is 10.9. The minimum Gasteiger partial charge on any atom is -0.397 e. The van der Waals surface area contributed by atoms with Crippen LogP contribution < -0.4 is 10.4 Å². The van der Waals surface area contributed by atoms with Crippen LogP contribution in [0.2, 0.25) is 5.04 Å². The van der Waals surface area contributed by atoms with Crippen LogP contribution in [0.4, 0.5) is 0 Å². The van der Waals surface area contributed by atoms with Crippen LogP contribution in [0.3, 0.4) is 0 Å². The van der Waals surface area contributed by atoms with E-state index < -0.39 is 20.5 Å². The Kier molecular flexibility index (Phi) is 6.53. The number of aliphatic hydroxyl groups is 1. The molecular formula is C26H30O2Si. The zero-order valence-electron chi connectivity index (χ0n) is 17.5. The SMILES string of the molecule is C=C[C@@H](O)[C@H](O[Si](c1ccccc1)(c1ccccc1)C(C)(C)C)c1ccccc1. The molecule has 29 heavy (non-hydrogen) atoms. The summed E-state index contributed by atoms with van der Waals surface area (Å²) in [5.74, 6) is 0.